The van der Waals surface area contributed by atoms with Gasteiger partial charge in [0.1, 0.15) is 5.82 Å². The summed E-state index contributed by atoms with van der Waals surface area (Å²) in [5, 5.41) is 2.91. The van der Waals surface area contributed by atoms with E-state index in [1.807, 2.05) is 12.3 Å². The van der Waals surface area contributed by atoms with Crippen molar-refractivity contribution in [1.82, 2.24) is 9.97 Å². The lowest BCUT2D eigenvalue weighted by molar-refractivity contribution is 0.103. The van der Waals surface area contributed by atoms with E-state index in [9.17, 15) is 9.18 Å². The summed E-state index contributed by atoms with van der Waals surface area (Å²) in [5.74, 6) is -0.513. The van der Waals surface area contributed by atoms with E-state index in [4.69, 9.17) is 5.73 Å². The van der Waals surface area contributed by atoms with Gasteiger partial charge in [0.2, 0.25) is 5.78 Å². The van der Waals surface area contributed by atoms with E-state index in [1.54, 1.807) is 12.3 Å². The predicted molar refractivity (Wildman–Crippen MR) is 81.0 cm³/mol. The minimum Gasteiger partial charge on any atom is -0.360 e. The van der Waals surface area contributed by atoms with Gasteiger partial charge in [0.25, 0.3) is 0 Å². The van der Waals surface area contributed by atoms with Gasteiger partial charge in [-0.3, -0.25) is 4.79 Å². The van der Waals surface area contributed by atoms with E-state index < -0.39 is 0 Å². The molecule has 0 aliphatic rings. The van der Waals surface area contributed by atoms with Crippen LogP contribution in [0.15, 0.2) is 29.8 Å². The number of thiazole rings is 1. The van der Waals surface area contributed by atoms with Crippen LogP contribution < -0.4 is 5.73 Å². The second-order valence-electron chi connectivity index (χ2n) is 4.81. The van der Waals surface area contributed by atoms with Gasteiger partial charge >= 0.3 is 0 Å². The molecule has 2 heterocycles. The summed E-state index contributed by atoms with van der Waals surface area (Å²) in [6.07, 6.45) is 2.36. The molecule has 1 aromatic carbocycles. The molecule has 0 amide bonds. The molecule has 3 rings (SSSR count). The number of ketones is 1. The molecule has 3 aromatic rings. The Kier molecular flexibility index (Phi) is 3.57. The number of aromatic nitrogens is 2. The molecule has 0 radical (unpaired) electrons. The fraction of sp³-hybridized carbons (Fsp3) is 0.200. The molecule has 0 saturated carbocycles. The zero-order valence-electron chi connectivity index (χ0n) is 11.4. The summed E-state index contributed by atoms with van der Waals surface area (Å²) in [4.78, 5) is 19.8. The smallest absolute Gasteiger partial charge is 0.223 e. The van der Waals surface area contributed by atoms with Crippen LogP contribution >= 0.6 is 11.3 Å². The van der Waals surface area contributed by atoms with E-state index in [2.05, 4.69) is 9.97 Å². The zero-order chi connectivity index (χ0) is 15.0. The van der Waals surface area contributed by atoms with Crippen molar-refractivity contribution in [2.75, 3.05) is 0 Å². The van der Waals surface area contributed by atoms with Gasteiger partial charge in [-0.05, 0) is 24.6 Å². The van der Waals surface area contributed by atoms with Crippen LogP contribution in [-0.4, -0.2) is 15.8 Å². The number of hydrogen-bond donors (Lipinski definition) is 2. The topological polar surface area (TPSA) is 71.8 Å². The summed E-state index contributed by atoms with van der Waals surface area (Å²) in [6.45, 7) is 1.97. The van der Waals surface area contributed by atoms with Gasteiger partial charge in [-0.2, -0.15) is 0 Å². The van der Waals surface area contributed by atoms with Crippen molar-refractivity contribution in [3.63, 3.8) is 0 Å². The van der Waals surface area contributed by atoms with Crippen molar-refractivity contribution in [3.05, 3.63) is 51.9 Å². The molecule has 4 nitrogen and oxygen atoms in total. The minimum absolute atomic E-state index is 0.153. The van der Waals surface area contributed by atoms with Gasteiger partial charge in [-0.25, -0.2) is 9.37 Å². The quantitative estimate of drug-likeness (QED) is 0.726. The summed E-state index contributed by atoms with van der Waals surface area (Å²) in [7, 11) is 0. The third-order valence-electron chi connectivity index (χ3n) is 3.42. The van der Waals surface area contributed by atoms with Gasteiger partial charge in [0.15, 0.2) is 5.01 Å². The largest absolute Gasteiger partial charge is 0.360 e. The van der Waals surface area contributed by atoms with Crippen molar-refractivity contribution in [1.29, 1.82) is 0 Å². The van der Waals surface area contributed by atoms with Crippen molar-refractivity contribution >= 4 is 28.0 Å². The number of carbonyl (C=O) groups is 1. The molecule has 21 heavy (non-hydrogen) atoms. The Labute approximate surface area is 124 Å². The number of aromatic amines is 1. The minimum atomic E-state index is -0.339. The molecule has 0 spiro atoms. The van der Waals surface area contributed by atoms with Crippen molar-refractivity contribution in [2.24, 2.45) is 5.73 Å². The Morgan fingerprint density at radius 2 is 2.33 bits per heavy atom. The van der Waals surface area contributed by atoms with E-state index >= 15 is 0 Å². The molecule has 0 bridgehead atoms. The van der Waals surface area contributed by atoms with Gasteiger partial charge in [0.05, 0.1) is 11.3 Å². The third kappa shape index (κ3) is 2.48. The first-order valence-electron chi connectivity index (χ1n) is 6.62. The molecule has 1 unspecified atom stereocenters. The van der Waals surface area contributed by atoms with Crippen LogP contribution in [0.1, 0.15) is 40.4 Å². The second kappa shape index (κ2) is 5.38. The summed E-state index contributed by atoms with van der Waals surface area (Å²) < 4.78 is 13.2. The number of halogens is 1. The summed E-state index contributed by atoms with van der Waals surface area (Å²) in [6, 6.07) is 4.15. The predicted octanol–water partition coefficient (Wildman–Crippen LogP) is 3.40. The summed E-state index contributed by atoms with van der Waals surface area (Å²) in [5.41, 5.74) is 7.75. The van der Waals surface area contributed by atoms with Crippen LogP contribution in [0.3, 0.4) is 0 Å². The standard InChI is InChI=1S/C15H14FN3OS/c1-2-11(17)13-7-21-15(19-13)14(20)10-6-18-12-5-8(16)3-4-9(10)12/h3-7,11,18H,2,17H2,1H3. The number of H-pyrrole nitrogens is 1. The number of fused-ring (bicyclic) bond motifs is 1. The monoisotopic (exact) mass is 303 g/mol. The average Bonchev–Trinajstić information content (AvgIpc) is 3.12. The van der Waals surface area contributed by atoms with E-state index in [-0.39, 0.29) is 17.6 Å². The van der Waals surface area contributed by atoms with Crippen molar-refractivity contribution < 1.29 is 9.18 Å². The van der Waals surface area contributed by atoms with Gasteiger partial charge < -0.3 is 10.7 Å². The highest BCUT2D eigenvalue weighted by atomic mass is 32.1. The fourth-order valence-electron chi connectivity index (χ4n) is 2.17. The number of hydrogen-bond acceptors (Lipinski definition) is 4. The maximum atomic E-state index is 13.2. The van der Waals surface area contributed by atoms with E-state index in [0.717, 1.165) is 12.1 Å². The average molecular weight is 303 g/mol. The SMILES string of the molecule is CCC(N)c1csc(C(=O)c2c[nH]c3cc(F)ccc23)n1. The lowest BCUT2D eigenvalue weighted by atomic mass is 10.1. The Morgan fingerprint density at radius 3 is 3.10 bits per heavy atom. The zero-order valence-corrected chi connectivity index (χ0v) is 12.2. The van der Waals surface area contributed by atoms with Gasteiger partial charge in [-0.15, -0.1) is 11.3 Å². The Hall–Kier alpha value is -2.05. The molecule has 1 atom stereocenters. The maximum Gasteiger partial charge on any atom is 0.223 e. The molecule has 2 aromatic heterocycles. The highest BCUT2D eigenvalue weighted by molar-refractivity contribution is 7.12. The lowest BCUT2D eigenvalue weighted by Gasteiger charge is -2.02. The number of nitrogens with one attached hydrogen (secondary N) is 1. The normalized spacial score (nSPS) is 12.7. The van der Waals surface area contributed by atoms with Crippen molar-refractivity contribution in [2.45, 2.75) is 19.4 Å². The van der Waals surface area contributed by atoms with Gasteiger partial charge in [0, 0.05) is 28.5 Å². The van der Waals surface area contributed by atoms with Crippen LogP contribution in [0.5, 0.6) is 0 Å². The number of rotatable bonds is 4. The molecular formula is C15H14FN3OS. The number of nitrogens with two attached hydrogens (primary N) is 1. The first-order valence-corrected chi connectivity index (χ1v) is 7.50. The number of nitrogens with zero attached hydrogens (tertiary/aromatic N) is 1. The third-order valence-corrected chi connectivity index (χ3v) is 4.28. The molecule has 0 aliphatic heterocycles. The first kappa shape index (κ1) is 13.9. The van der Waals surface area contributed by atoms with Crippen LogP contribution in [0, 0.1) is 5.82 Å². The molecule has 0 saturated heterocycles. The Morgan fingerprint density at radius 1 is 1.52 bits per heavy atom. The maximum absolute atomic E-state index is 13.2. The molecule has 3 N–H and O–H groups in total. The van der Waals surface area contributed by atoms with Gasteiger partial charge in [-0.1, -0.05) is 6.92 Å². The van der Waals surface area contributed by atoms with Crippen LogP contribution in [-0.2, 0) is 0 Å². The molecule has 108 valence electrons. The lowest BCUT2D eigenvalue weighted by Crippen LogP contribution is -2.09. The van der Waals surface area contributed by atoms with Crippen LogP contribution in [0.25, 0.3) is 10.9 Å². The highest BCUT2D eigenvalue weighted by Crippen LogP contribution is 2.24. The number of benzene rings is 1. The molecular weight excluding hydrogens is 289 g/mol. The number of carbonyl (C=O) groups excluding carboxylic acids is 1. The highest BCUT2D eigenvalue weighted by Gasteiger charge is 2.19. The molecule has 6 heteroatoms. The fourth-order valence-corrected chi connectivity index (χ4v) is 3.01. The van der Waals surface area contributed by atoms with E-state index in [0.29, 0.717) is 21.5 Å². The Bertz CT molecular complexity index is 808. The first-order chi connectivity index (χ1) is 10.1. The van der Waals surface area contributed by atoms with Crippen LogP contribution in [0.2, 0.25) is 0 Å². The summed E-state index contributed by atoms with van der Waals surface area (Å²) >= 11 is 1.28. The second-order valence-corrected chi connectivity index (χ2v) is 5.67. The van der Waals surface area contributed by atoms with Crippen molar-refractivity contribution in [3.8, 4) is 0 Å². The van der Waals surface area contributed by atoms with Crippen LogP contribution in [0.4, 0.5) is 4.39 Å². The molecule has 0 aliphatic carbocycles. The van der Waals surface area contributed by atoms with E-state index in [1.165, 1.54) is 23.5 Å². The Balaban J connectivity index is 1.98. The molecule has 0 fully saturated rings.